The average Bonchev–Trinajstić information content (AvgIpc) is 3.42. The van der Waals surface area contributed by atoms with Crippen LogP contribution in [0.5, 0.6) is 0 Å². The summed E-state index contributed by atoms with van der Waals surface area (Å²) in [4.78, 5) is 12.3. The van der Waals surface area contributed by atoms with Gasteiger partial charge in [-0.15, -0.1) is 10.2 Å². The number of rotatable bonds is 6. The Bertz CT molecular complexity index is 954. The van der Waals surface area contributed by atoms with Crippen LogP contribution in [0.1, 0.15) is 40.5 Å². The summed E-state index contributed by atoms with van der Waals surface area (Å²) >= 11 is 1.47. The number of benzene rings is 1. The van der Waals surface area contributed by atoms with Crippen LogP contribution in [0.4, 0.5) is 0 Å². The summed E-state index contributed by atoms with van der Waals surface area (Å²) < 4.78 is 16.6. The van der Waals surface area contributed by atoms with Crippen molar-refractivity contribution in [3.05, 3.63) is 52.1 Å². The third kappa shape index (κ3) is 4.27. The highest BCUT2D eigenvalue weighted by Gasteiger charge is 2.35. The highest BCUT2D eigenvalue weighted by atomic mass is 32.1. The molecule has 1 atom stereocenters. The Morgan fingerprint density at radius 2 is 2.11 bits per heavy atom. The molecule has 0 aliphatic carbocycles. The number of ether oxygens (including phenoxy) is 2. The minimum absolute atomic E-state index is 0.192. The Morgan fingerprint density at radius 3 is 2.86 bits per heavy atom. The second kappa shape index (κ2) is 7.78. The van der Waals surface area contributed by atoms with Crippen LogP contribution in [-0.4, -0.2) is 40.2 Å². The van der Waals surface area contributed by atoms with Crippen LogP contribution in [0, 0.1) is 0 Å². The lowest BCUT2D eigenvalue weighted by Gasteiger charge is -2.15. The lowest BCUT2D eigenvalue weighted by atomic mass is 10.1. The van der Waals surface area contributed by atoms with E-state index in [1.54, 1.807) is 6.07 Å². The maximum absolute atomic E-state index is 12.3. The van der Waals surface area contributed by atoms with Crippen molar-refractivity contribution in [2.24, 2.45) is 0 Å². The van der Waals surface area contributed by atoms with Gasteiger partial charge in [-0.25, -0.2) is 0 Å². The molecule has 146 valence electrons. The van der Waals surface area contributed by atoms with E-state index in [2.05, 4.69) is 20.7 Å². The lowest BCUT2D eigenvalue weighted by Crippen LogP contribution is -2.25. The predicted molar refractivity (Wildman–Crippen MR) is 102 cm³/mol. The van der Waals surface area contributed by atoms with Crippen LogP contribution < -0.4 is 5.32 Å². The lowest BCUT2D eigenvalue weighted by molar-refractivity contribution is -0.139. The first kappa shape index (κ1) is 18.7. The fourth-order valence-corrected chi connectivity index (χ4v) is 3.66. The van der Waals surface area contributed by atoms with Crippen LogP contribution in [0.15, 0.2) is 40.9 Å². The highest BCUT2D eigenvalue weighted by molar-refractivity contribution is 7.11. The second-order valence-corrected chi connectivity index (χ2v) is 7.89. The summed E-state index contributed by atoms with van der Waals surface area (Å²) in [5, 5.41) is 16.6. The van der Waals surface area contributed by atoms with Gasteiger partial charge < -0.3 is 19.3 Å². The van der Waals surface area contributed by atoms with Gasteiger partial charge in [0.05, 0.1) is 6.61 Å². The van der Waals surface area contributed by atoms with Gasteiger partial charge in [-0.2, -0.15) is 0 Å². The molecule has 9 heteroatoms. The fourth-order valence-electron chi connectivity index (χ4n) is 2.80. The molecule has 3 heterocycles. The largest absolute Gasteiger partial charge is 0.355 e. The zero-order chi connectivity index (χ0) is 19.6. The summed E-state index contributed by atoms with van der Waals surface area (Å²) in [6, 6.07) is 11.1. The minimum atomic E-state index is -0.597. The summed E-state index contributed by atoms with van der Waals surface area (Å²) in [5.41, 5.74) is 1.12. The molecule has 4 rings (SSSR count). The molecule has 1 N–H and O–H groups in total. The summed E-state index contributed by atoms with van der Waals surface area (Å²) in [7, 11) is 0. The first-order valence-electron chi connectivity index (χ1n) is 8.94. The summed E-state index contributed by atoms with van der Waals surface area (Å²) in [6.07, 6.45) is 0.381. The molecule has 1 fully saturated rings. The van der Waals surface area contributed by atoms with E-state index < -0.39 is 5.79 Å². The van der Waals surface area contributed by atoms with E-state index in [0.717, 1.165) is 15.6 Å². The van der Waals surface area contributed by atoms with Crippen LogP contribution in [0.2, 0.25) is 0 Å². The van der Waals surface area contributed by atoms with Crippen molar-refractivity contribution in [2.45, 2.75) is 32.2 Å². The summed E-state index contributed by atoms with van der Waals surface area (Å²) in [6.45, 7) is 4.64. The van der Waals surface area contributed by atoms with Crippen molar-refractivity contribution in [2.75, 3.05) is 13.2 Å². The van der Waals surface area contributed by atoms with Crippen LogP contribution in [0.25, 0.3) is 11.3 Å². The van der Waals surface area contributed by atoms with Crippen LogP contribution in [0.3, 0.4) is 0 Å². The van der Waals surface area contributed by atoms with Gasteiger partial charge in [-0.05, 0) is 13.8 Å². The molecule has 2 aromatic heterocycles. The number of carbonyl (C=O) groups is 1. The monoisotopic (exact) mass is 400 g/mol. The second-order valence-electron chi connectivity index (χ2n) is 6.80. The number of amides is 1. The number of carbonyl (C=O) groups excluding carboxylic acids is 1. The van der Waals surface area contributed by atoms with Gasteiger partial charge in [0, 0.05) is 24.6 Å². The summed E-state index contributed by atoms with van der Waals surface area (Å²) in [5.74, 6) is -0.327. The fraction of sp³-hybridized carbons (Fsp3) is 0.368. The Morgan fingerprint density at radius 1 is 1.29 bits per heavy atom. The van der Waals surface area contributed by atoms with Gasteiger partial charge in [0.2, 0.25) is 0 Å². The molecule has 0 saturated carbocycles. The first-order chi connectivity index (χ1) is 13.5. The maximum atomic E-state index is 12.3. The molecular formula is C19H20N4O4S. The molecule has 1 saturated heterocycles. The zero-order valence-corrected chi connectivity index (χ0v) is 16.4. The Hall–Kier alpha value is -2.62. The third-order valence-corrected chi connectivity index (χ3v) is 5.27. The molecule has 1 unspecified atom stereocenters. The number of aromatic nitrogens is 3. The molecule has 0 bridgehead atoms. The van der Waals surface area contributed by atoms with E-state index >= 15 is 0 Å². The van der Waals surface area contributed by atoms with Crippen molar-refractivity contribution in [3.8, 4) is 11.3 Å². The highest BCUT2D eigenvalue weighted by Crippen LogP contribution is 2.34. The van der Waals surface area contributed by atoms with Crippen LogP contribution >= 0.6 is 11.3 Å². The van der Waals surface area contributed by atoms with Crippen molar-refractivity contribution in [1.82, 2.24) is 20.7 Å². The Balaban J connectivity index is 1.29. The van der Waals surface area contributed by atoms with E-state index in [-0.39, 0.29) is 17.7 Å². The van der Waals surface area contributed by atoms with Crippen LogP contribution in [-0.2, 0) is 15.9 Å². The molecule has 1 aliphatic rings. The number of hydrogen-bond donors (Lipinski definition) is 1. The minimum Gasteiger partial charge on any atom is -0.355 e. The van der Waals surface area contributed by atoms with Crippen molar-refractivity contribution < 1.29 is 18.8 Å². The molecule has 8 nitrogen and oxygen atoms in total. The van der Waals surface area contributed by atoms with E-state index in [1.165, 1.54) is 11.3 Å². The van der Waals surface area contributed by atoms with Crippen molar-refractivity contribution in [3.63, 3.8) is 0 Å². The molecule has 1 amide bonds. The van der Waals surface area contributed by atoms with Gasteiger partial charge in [0.25, 0.3) is 5.91 Å². The van der Waals surface area contributed by atoms with Gasteiger partial charge in [0.15, 0.2) is 17.2 Å². The molecular weight excluding hydrogens is 380 g/mol. The van der Waals surface area contributed by atoms with Gasteiger partial charge >= 0.3 is 0 Å². The molecule has 3 aromatic rings. The first-order valence-corrected chi connectivity index (χ1v) is 9.76. The zero-order valence-electron chi connectivity index (χ0n) is 15.5. The van der Waals surface area contributed by atoms with Crippen molar-refractivity contribution >= 4 is 17.2 Å². The van der Waals surface area contributed by atoms with Gasteiger partial charge in [-0.1, -0.05) is 46.8 Å². The third-order valence-electron chi connectivity index (χ3n) is 4.19. The number of nitrogens with one attached hydrogen (secondary N) is 1. The van der Waals surface area contributed by atoms with Crippen molar-refractivity contribution in [1.29, 1.82) is 0 Å². The normalized spacial score (nSPS) is 18.3. The van der Waals surface area contributed by atoms with Gasteiger partial charge in [0.1, 0.15) is 16.1 Å². The maximum Gasteiger partial charge on any atom is 0.273 e. The SMILES string of the molecule is CC1(C)OCC(c2nnc(CCNC(=O)c3cc(-c4ccccc4)on3)s2)O1. The topological polar surface area (TPSA) is 99.4 Å². The van der Waals surface area contributed by atoms with E-state index in [4.69, 9.17) is 14.0 Å². The Labute approximate surface area is 165 Å². The molecule has 1 aliphatic heterocycles. The standard InChI is InChI=1S/C19H20N4O4S/c1-19(2)25-11-15(26-19)18-22-21-16(28-18)8-9-20-17(24)13-10-14(27-23-13)12-6-4-3-5-7-12/h3-7,10,15H,8-9,11H2,1-2H3,(H,20,24). The quantitative estimate of drug-likeness (QED) is 0.679. The molecule has 1 aromatic carbocycles. The molecule has 0 spiro atoms. The number of nitrogens with zero attached hydrogens (tertiary/aromatic N) is 3. The van der Waals surface area contributed by atoms with E-state index in [9.17, 15) is 4.79 Å². The Kier molecular flexibility index (Phi) is 5.21. The molecule has 0 radical (unpaired) electrons. The smallest absolute Gasteiger partial charge is 0.273 e. The predicted octanol–water partition coefficient (Wildman–Crippen LogP) is 2.99. The van der Waals surface area contributed by atoms with Gasteiger partial charge in [-0.3, -0.25) is 4.79 Å². The van der Waals surface area contributed by atoms with E-state index in [0.29, 0.717) is 25.3 Å². The molecule has 28 heavy (non-hydrogen) atoms. The van der Waals surface area contributed by atoms with E-state index in [1.807, 2.05) is 44.2 Å². The number of hydrogen-bond acceptors (Lipinski definition) is 8. The average molecular weight is 400 g/mol.